The topological polar surface area (TPSA) is 72.9 Å². The minimum Gasteiger partial charge on any atom is -0.331 e. The summed E-state index contributed by atoms with van der Waals surface area (Å²) in [6, 6.07) is 7.65. The summed E-state index contributed by atoms with van der Waals surface area (Å²) in [6.07, 6.45) is 4.66. The minimum absolute atomic E-state index is 0.0720. The largest absolute Gasteiger partial charge is 0.331 e. The number of benzene rings is 1. The molecular weight excluding hydrogens is 240 g/mol. The van der Waals surface area contributed by atoms with Gasteiger partial charge in [0.2, 0.25) is 5.91 Å². The first-order chi connectivity index (χ1) is 9.20. The summed E-state index contributed by atoms with van der Waals surface area (Å²) < 4.78 is 2.08. The van der Waals surface area contributed by atoms with E-state index in [2.05, 4.69) is 14.9 Å². The molecule has 1 amide bonds. The van der Waals surface area contributed by atoms with Crippen molar-refractivity contribution in [3.63, 3.8) is 0 Å². The van der Waals surface area contributed by atoms with Crippen LogP contribution in [0.25, 0.3) is 11.4 Å². The third-order valence-electron chi connectivity index (χ3n) is 2.78. The molecule has 2 rings (SSSR count). The molecule has 1 aromatic heterocycles. The second-order valence-electron chi connectivity index (χ2n) is 4.35. The summed E-state index contributed by atoms with van der Waals surface area (Å²) in [4.78, 5) is 15.3. The van der Waals surface area contributed by atoms with Gasteiger partial charge in [-0.15, -0.1) is 0 Å². The van der Waals surface area contributed by atoms with E-state index in [4.69, 9.17) is 5.73 Å². The van der Waals surface area contributed by atoms with Crippen LogP contribution in [0.2, 0.25) is 0 Å². The molecule has 0 saturated heterocycles. The summed E-state index contributed by atoms with van der Waals surface area (Å²) in [5, 5.41) is 2.74. The zero-order valence-corrected chi connectivity index (χ0v) is 11.0. The SMILES string of the molecule is CC(=O)Nc1ccc(-c2nccn2CCCN)cc1. The van der Waals surface area contributed by atoms with E-state index in [-0.39, 0.29) is 5.91 Å². The van der Waals surface area contributed by atoms with Gasteiger partial charge < -0.3 is 15.6 Å². The van der Waals surface area contributed by atoms with Gasteiger partial charge in [-0.25, -0.2) is 4.98 Å². The number of aromatic nitrogens is 2. The van der Waals surface area contributed by atoms with Crippen LogP contribution in [0.1, 0.15) is 13.3 Å². The first-order valence-corrected chi connectivity index (χ1v) is 6.30. The molecule has 0 unspecified atom stereocenters. The summed E-state index contributed by atoms with van der Waals surface area (Å²) in [6.45, 7) is 3.02. The highest BCUT2D eigenvalue weighted by atomic mass is 16.1. The highest BCUT2D eigenvalue weighted by Gasteiger charge is 2.05. The molecule has 5 heteroatoms. The van der Waals surface area contributed by atoms with Crippen LogP contribution >= 0.6 is 0 Å². The van der Waals surface area contributed by atoms with Crippen molar-refractivity contribution < 1.29 is 4.79 Å². The number of nitrogens with one attached hydrogen (secondary N) is 1. The predicted octanol–water partition coefficient (Wildman–Crippen LogP) is 1.86. The number of amides is 1. The van der Waals surface area contributed by atoms with E-state index in [1.807, 2.05) is 30.5 Å². The Kier molecular flexibility index (Phi) is 4.30. The van der Waals surface area contributed by atoms with Crippen LogP contribution in [0.5, 0.6) is 0 Å². The predicted molar refractivity (Wildman–Crippen MR) is 75.6 cm³/mol. The van der Waals surface area contributed by atoms with Crippen molar-refractivity contribution in [3.05, 3.63) is 36.7 Å². The van der Waals surface area contributed by atoms with Gasteiger partial charge in [0.05, 0.1) is 0 Å². The van der Waals surface area contributed by atoms with Crippen molar-refractivity contribution in [1.82, 2.24) is 9.55 Å². The van der Waals surface area contributed by atoms with Crippen molar-refractivity contribution in [2.45, 2.75) is 19.9 Å². The van der Waals surface area contributed by atoms with Gasteiger partial charge in [0.15, 0.2) is 0 Å². The average molecular weight is 258 g/mol. The molecule has 1 aromatic carbocycles. The van der Waals surface area contributed by atoms with Gasteiger partial charge in [-0.3, -0.25) is 4.79 Å². The fraction of sp³-hybridized carbons (Fsp3) is 0.286. The minimum atomic E-state index is -0.0720. The number of hydrogen-bond donors (Lipinski definition) is 2. The van der Waals surface area contributed by atoms with E-state index in [0.717, 1.165) is 30.0 Å². The summed E-state index contributed by atoms with van der Waals surface area (Å²) in [5.74, 6) is 0.847. The van der Waals surface area contributed by atoms with Gasteiger partial charge in [0.25, 0.3) is 0 Å². The first-order valence-electron chi connectivity index (χ1n) is 6.30. The molecule has 100 valence electrons. The third-order valence-corrected chi connectivity index (χ3v) is 2.78. The molecule has 0 fully saturated rings. The smallest absolute Gasteiger partial charge is 0.221 e. The van der Waals surface area contributed by atoms with Crippen LogP contribution in [-0.2, 0) is 11.3 Å². The fourth-order valence-corrected chi connectivity index (χ4v) is 1.92. The number of imidazole rings is 1. The van der Waals surface area contributed by atoms with Crippen LogP contribution in [0, 0.1) is 0 Å². The molecule has 0 spiro atoms. The third kappa shape index (κ3) is 3.42. The van der Waals surface area contributed by atoms with Crippen molar-refractivity contribution in [1.29, 1.82) is 0 Å². The van der Waals surface area contributed by atoms with Crippen LogP contribution in [-0.4, -0.2) is 22.0 Å². The maximum atomic E-state index is 11.0. The quantitative estimate of drug-likeness (QED) is 0.859. The Labute approximate surface area is 112 Å². The van der Waals surface area contributed by atoms with Gasteiger partial charge >= 0.3 is 0 Å². The van der Waals surface area contributed by atoms with Crippen LogP contribution in [0.3, 0.4) is 0 Å². The van der Waals surface area contributed by atoms with E-state index in [0.29, 0.717) is 6.54 Å². The lowest BCUT2D eigenvalue weighted by molar-refractivity contribution is -0.114. The van der Waals surface area contributed by atoms with Gasteiger partial charge in [0, 0.05) is 37.1 Å². The lowest BCUT2D eigenvalue weighted by Crippen LogP contribution is -2.07. The zero-order chi connectivity index (χ0) is 13.7. The summed E-state index contributed by atoms with van der Waals surface area (Å²) in [7, 11) is 0. The Bertz CT molecular complexity index is 545. The molecule has 0 saturated carbocycles. The molecular formula is C14H18N4O. The van der Waals surface area contributed by atoms with Crippen LogP contribution in [0.4, 0.5) is 5.69 Å². The highest BCUT2D eigenvalue weighted by molar-refractivity contribution is 5.88. The Morgan fingerprint density at radius 2 is 2.11 bits per heavy atom. The summed E-state index contributed by atoms with van der Waals surface area (Å²) >= 11 is 0. The fourth-order valence-electron chi connectivity index (χ4n) is 1.92. The number of aryl methyl sites for hydroxylation is 1. The van der Waals surface area contributed by atoms with Gasteiger partial charge in [-0.1, -0.05) is 0 Å². The molecule has 1 heterocycles. The van der Waals surface area contributed by atoms with Gasteiger partial charge in [0.1, 0.15) is 5.82 Å². The second-order valence-corrected chi connectivity index (χ2v) is 4.35. The lowest BCUT2D eigenvalue weighted by atomic mass is 10.2. The number of rotatable bonds is 5. The first kappa shape index (κ1) is 13.3. The van der Waals surface area contributed by atoms with Crippen molar-refractivity contribution in [2.24, 2.45) is 5.73 Å². The van der Waals surface area contributed by atoms with Crippen molar-refractivity contribution >= 4 is 11.6 Å². The lowest BCUT2D eigenvalue weighted by Gasteiger charge is -2.08. The molecule has 0 atom stereocenters. The number of anilines is 1. The van der Waals surface area contributed by atoms with Crippen molar-refractivity contribution in [3.8, 4) is 11.4 Å². The van der Waals surface area contributed by atoms with Crippen LogP contribution < -0.4 is 11.1 Å². The van der Waals surface area contributed by atoms with Crippen LogP contribution in [0.15, 0.2) is 36.7 Å². The van der Waals surface area contributed by atoms with E-state index < -0.39 is 0 Å². The highest BCUT2D eigenvalue weighted by Crippen LogP contribution is 2.20. The zero-order valence-electron chi connectivity index (χ0n) is 11.0. The number of carbonyl (C=O) groups excluding carboxylic acids is 1. The normalized spacial score (nSPS) is 10.4. The maximum Gasteiger partial charge on any atom is 0.221 e. The standard InChI is InChI=1S/C14H18N4O/c1-11(19)17-13-5-3-12(4-6-13)14-16-8-10-18(14)9-2-7-15/h3-6,8,10H,2,7,9,15H2,1H3,(H,17,19). The molecule has 0 radical (unpaired) electrons. The van der Waals surface area contributed by atoms with E-state index in [1.165, 1.54) is 6.92 Å². The molecule has 5 nitrogen and oxygen atoms in total. The number of nitrogens with zero attached hydrogens (tertiary/aromatic N) is 2. The van der Waals surface area contributed by atoms with E-state index >= 15 is 0 Å². The molecule has 2 aromatic rings. The average Bonchev–Trinajstić information content (AvgIpc) is 2.85. The second kappa shape index (κ2) is 6.15. The van der Waals surface area contributed by atoms with Crippen molar-refractivity contribution in [2.75, 3.05) is 11.9 Å². The summed E-state index contributed by atoms with van der Waals surface area (Å²) in [5.41, 5.74) is 7.34. The van der Waals surface area contributed by atoms with E-state index in [9.17, 15) is 4.79 Å². The molecule has 0 bridgehead atoms. The molecule has 0 aliphatic carbocycles. The van der Waals surface area contributed by atoms with Gasteiger partial charge in [-0.2, -0.15) is 0 Å². The molecule has 3 N–H and O–H groups in total. The number of hydrogen-bond acceptors (Lipinski definition) is 3. The van der Waals surface area contributed by atoms with Gasteiger partial charge in [-0.05, 0) is 37.2 Å². The Morgan fingerprint density at radius 1 is 1.37 bits per heavy atom. The Balaban J connectivity index is 2.17. The maximum absolute atomic E-state index is 11.0. The number of carbonyl (C=O) groups is 1. The molecule has 19 heavy (non-hydrogen) atoms. The monoisotopic (exact) mass is 258 g/mol. The molecule has 0 aliphatic rings. The molecule has 0 aliphatic heterocycles. The van der Waals surface area contributed by atoms with E-state index in [1.54, 1.807) is 6.20 Å². The number of nitrogens with two attached hydrogens (primary N) is 1. The Hall–Kier alpha value is -2.14. The Morgan fingerprint density at radius 3 is 2.74 bits per heavy atom.